The van der Waals surface area contributed by atoms with E-state index in [2.05, 4.69) is 5.32 Å². The third-order valence-electron chi connectivity index (χ3n) is 3.90. The van der Waals surface area contributed by atoms with Gasteiger partial charge in [0, 0.05) is 18.2 Å². The molecule has 0 atom stereocenters. The van der Waals surface area contributed by atoms with E-state index in [1.165, 1.54) is 18.2 Å². The van der Waals surface area contributed by atoms with Crippen molar-refractivity contribution < 1.29 is 23.5 Å². The number of hydrogen-bond acceptors (Lipinski definition) is 4. The van der Waals surface area contributed by atoms with E-state index in [0.717, 1.165) is 12.5 Å². The van der Waals surface area contributed by atoms with Gasteiger partial charge in [-0.15, -0.1) is 0 Å². The van der Waals surface area contributed by atoms with Gasteiger partial charge in [0.15, 0.2) is 5.78 Å². The number of ether oxygens (including phenoxy) is 2. The Hall–Kier alpha value is -3.41. The lowest BCUT2D eigenvalue weighted by atomic mass is 10.1. The Morgan fingerprint density at radius 2 is 1.89 bits per heavy atom. The summed E-state index contributed by atoms with van der Waals surface area (Å²) >= 11 is 0. The van der Waals surface area contributed by atoms with Crippen LogP contribution in [0.1, 0.15) is 30.1 Å². The molecule has 0 bridgehead atoms. The van der Waals surface area contributed by atoms with Gasteiger partial charge in [-0.2, -0.15) is 0 Å². The number of rotatable bonds is 7. The fourth-order valence-corrected chi connectivity index (χ4v) is 2.58. The number of carbonyl (C=O) groups is 2. The highest BCUT2D eigenvalue weighted by atomic mass is 19.1. The van der Waals surface area contributed by atoms with Gasteiger partial charge in [0.05, 0.1) is 12.2 Å². The van der Waals surface area contributed by atoms with Gasteiger partial charge in [-0.25, -0.2) is 4.39 Å². The summed E-state index contributed by atoms with van der Waals surface area (Å²) in [5, 5.41) is 2.60. The molecule has 0 aromatic heterocycles. The average Bonchev–Trinajstić information content (AvgIpc) is 2.69. The highest BCUT2D eigenvalue weighted by molar-refractivity contribution is 6.00. The van der Waals surface area contributed by atoms with Crippen molar-refractivity contribution in [3.8, 4) is 17.2 Å². The van der Waals surface area contributed by atoms with Crippen molar-refractivity contribution in [2.75, 3.05) is 6.61 Å². The number of ketones is 1. The van der Waals surface area contributed by atoms with Gasteiger partial charge in [0.25, 0.3) is 5.91 Å². The normalized spacial score (nSPS) is 13.1. The van der Waals surface area contributed by atoms with Gasteiger partial charge in [-0.05, 0) is 55.0 Å². The fraction of sp³-hybridized carbons (Fsp3) is 0.182. The van der Waals surface area contributed by atoms with Crippen molar-refractivity contribution in [3.63, 3.8) is 0 Å². The zero-order valence-corrected chi connectivity index (χ0v) is 15.4. The van der Waals surface area contributed by atoms with Gasteiger partial charge < -0.3 is 14.8 Å². The van der Waals surface area contributed by atoms with Crippen molar-refractivity contribution in [2.24, 2.45) is 0 Å². The molecule has 0 saturated carbocycles. The predicted octanol–water partition coefficient (Wildman–Crippen LogP) is 4.55. The standard InChI is InChI=1S/C22H20FNO4/c1-2-12-27-18-7-9-19(10-8-18)28-21-11-6-15(23)13-20(21)22(26)24-16-4-3-5-17(25)14-16/h3-4,6-11,13-14H,2,5,12H2,1H3,(H,24,26). The minimum Gasteiger partial charge on any atom is -0.494 e. The zero-order valence-electron chi connectivity index (χ0n) is 15.4. The summed E-state index contributed by atoms with van der Waals surface area (Å²) in [6, 6.07) is 10.6. The molecule has 0 unspecified atom stereocenters. The molecule has 0 radical (unpaired) electrons. The van der Waals surface area contributed by atoms with Crippen LogP contribution in [0, 0.1) is 5.82 Å². The Morgan fingerprint density at radius 1 is 1.14 bits per heavy atom. The van der Waals surface area contributed by atoms with Crippen molar-refractivity contribution in [3.05, 3.63) is 77.8 Å². The first-order chi connectivity index (χ1) is 13.5. The highest BCUT2D eigenvalue weighted by Crippen LogP contribution is 2.28. The molecule has 28 heavy (non-hydrogen) atoms. The molecule has 2 aromatic rings. The second kappa shape index (κ2) is 8.99. The van der Waals surface area contributed by atoms with E-state index in [4.69, 9.17) is 9.47 Å². The third-order valence-corrected chi connectivity index (χ3v) is 3.90. The number of halogens is 1. The van der Waals surface area contributed by atoms with E-state index in [9.17, 15) is 14.0 Å². The summed E-state index contributed by atoms with van der Waals surface area (Å²) in [7, 11) is 0. The number of benzene rings is 2. The molecule has 5 nitrogen and oxygen atoms in total. The second-order valence-corrected chi connectivity index (χ2v) is 6.19. The number of allylic oxidation sites excluding steroid dienone is 3. The first kappa shape index (κ1) is 19.4. The predicted molar refractivity (Wildman–Crippen MR) is 103 cm³/mol. The van der Waals surface area contributed by atoms with Gasteiger partial charge in [0.1, 0.15) is 23.1 Å². The molecule has 2 aromatic carbocycles. The van der Waals surface area contributed by atoms with E-state index < -0.39 is 11.7 Å². The van der Waals surface area contributed by atoms with Gasteiger partial charge in [0.2, 0.25) is 0 Å². The molecular formula is C22H20FNO4. The Balaban J connectivity index is 1.77. The lowest BCUT2D eigenvalue weighted by Gasteiger charge is -2.13. The molecule has 3 rings (SSSR count). The summed E-state index contributed by atoms with van der Waals surface area (Å²) in [4.78, 5) is 24.1. The Kier molecular flexibility index (Phi) is 6.22. The lowest BCUT2D eigenvalue weighted by molar-refractivity contribution is -0.113. The van der Waals surface area contributed by atoms with Crippen LogP contribution < -0.4 is 14.8 Å². The van der Waals surface area contributed by atoms with Gasteiger partial charge >= 0.3 is 0 Å². The van der Waals surface area contributed by atoms with Crippen LogP contribution in [0.4, 0.5) is 4.39 Å². The molecule has 0 spiro atoms. The van der Waals surface area contributed by atoms with Crippen LogP contribution in [0.2, 0.25) is 0 Å². The summed E-state index contributed by atoms with van der Waals surface area (Å²) < 4.78 is 25.0. The molecule has 1 N–H and O–H groups in total. The van der Waals surface area contributed by atoms with Crippen LogP contribution in [-0.4, -0.2) is 18.3 Å². The Bertz CT molecular complexity index is 932. The number of amides is 1. The van der Waals surface area contributed by atoms with Crippen LogP contribution in [0.15, 0.2) is 66.4 Å². The summed E-state index contributed by atoms with van der Waals surface area (Å²) in [5.41, 5.74) is 0.382. The van der Waals surface area contributed by atoms with Gasteiger partial charge in [-0.3, -0.25) is 9.59 Å². The maximum Gasteiger partial charge on any atom is 0.259 e. The number of carbonyl (C=O) groups excluding carboxylic acids is 2. The minimum atomic E-state index is -0.567. The van der Waals surface area contributed by atoms with E-state index in [1.54, 1.807) is 36.4 Å². The largest absolute Gasteiger partial charge is 0.494 e. The van der Waals surface area contributed by atoms with E-state index >= 15 is 0 Å². The van der Waals surface area contributed by atoms with Gasteiger partial charge in [-0.1, -0.05) is 13.0 Å². The lowest BCUT2D eigenvalue weighted by Crippen LogP contribution is -2.24. The van der Waals surface area contributed by atoms with Crippen LogP contribution in [0.25, 0.3) is 0 Å². The zero-order chi connectivity index (χ0) is 19.9. The summed E-state index contributed by atoms with van der Waals surface area (Å²) in [6.45, 7) is 2.64. The summed E-state index contributed by atoms with van der Waals surface area (Å²) in [6.07, 6.45) is 5.83. The molecule has 1 aliphatic rings. The molecule has 1 amide bonds. The van der Waals surface area contributed by atoms with Crippen molar-refractivity contribution >= 4 is 11.7 Å². The molecule has 0 fully saturated rings. The molecular weight excluding hydrogens is 361 g/mol. The van der Waals surface area contributed by atoms with Crippen LogP contribution in [0.3, 0.4) is 0 Å². The fourth-order valence-electron chi connectivity index (χ4n) is 2.58. The van der Waals surface area contributed by atoms with E-state index in [1.807, 2.05) is 6.92 Å². The molecule has 1 aliphatic carbocycles. The summed E-state index contributed by atoms with van der Waals surface area (Å²) in [5.74, 6) is 0.156. The van der Waals surface area contributed by atoms with E-state index in [-0.39, 0.29) is 17.1 Å². The Labute approximate surface area is 162 Å². The average molecular weight is 381 g/mol. The molecule has 0 heterocycles. The quantitative estimate of drug-likeness (QED) is 0.764. The highest BCUT2D eigenvalue weighted by Gasteiger charge is 2.16. The minimum absolute atomic E-state index is 0.0265. The molecule has 6 heteroatoms. The molecule has 0 saturated heterocycles. The van der Waals surface area contributed by atoms with Crippen LogP contribution in [-0.2, 0) is 4.79 Å². The maximum absolute atomic E-state index is 13.7. The van der Waals surface area contributed by atoms with Crippen molar-refractivity contribution in [2.45, 2.75) is 19.8 Å². The smallest absolute Gasteiger partial charge is 0.259 e. The Morgan fingerprint density at radius 3 is 2.61 bits per heavy atom. The van der Waals surface area contributed by atoms with E-state index in [0.29, 0.717) is 30.2 Å². The molecule has 0 aliphatic heterocycles. The van der Waals surface area contributed by atoms with Crippen LogP contribution in [0.5, 0.6) is 17.2 Å². The topological polar surface area (TPSA) is 64.6 Å². The second-order valence-electron chi connectivity index (χ2n) is 6.19. The maximum atomic E-state index is 13.7. The van der Waals surface area contributed by atoms with Crippen molar-refractivity contribution in [1.82, 2.24) is 5.32 Å². The monoisotopic (exact) mass is 381 g/mol. The first-order valence-electron chi connectivity index (χ1n) is 8.98. The number of hydrogen-bond donors (Lipinski definition) is 1. The molecule has 144 valence electrons. The number of nitrogens with one attached hydrogen (secondary N) is 1. The van der Waals surface area contributed by atoms with Crippen LogP contribution >= 0.6 is 0 Å². The van der Waals surface area contributed by atoms with Crippen molar-refractivity contribution in [1.29, 1.82) is 0 Å². The third kappa shape index (κ3) is 5.07. The first-order valence-corrected chi connectivity index (χ1v) is 8.98. The SMILES string of the molecule is CCCOc1ccc(Oc2ccc(F)cc2C(=O)NC2=CC(=O)CC=C2)cc1.